The number of hydrogen-bond acceptors (Lipinski definition) is 1. The molecule has 0 aliphatic carbocycles. The molecular weight excluding hydrogens is 228 g/mol. The SMILES string of the molecule is CCOc1ccc(CCBr)c(C)c1. The van der Waals surface area contributed by atoms with Gasteiger partial charge in [0.15, 0.2) is 0 Å². The van der Waals surface area contributed by atoms with Gasteiger partial charge < -0.3 is 4.74 Å². The fraction of sp³-hybridized carbons (Fsp3) is 0.455. The highest BCUT2D eigenvalue weighted by atomic mass is 79.9. The zero-order valence-corrected chi connectivity index (χ0v) is 9.73. The Labute approximate surface area is 88.2 Å². The van der Waals surface area contributed by atoms with Crippen LogP contribution < -0.4 is 4.74 Å². The highest BCUT2D eigenvalue weighted by Crippen LogP contribution is 2.18. The second-order valence-corrected chi connectivity index (χ2v) is 3.75. The van der Waals surface area contributed by atoms with Gasteiger partial charge in [0, 0.05) is 5.33 Å². The highest BCUT2D eigenvalue weighted by molar-refractivity contribution is 9.09. The van der Waals surface area contributed by atoms with Crippen LogP contribution in [0.1, 0.15) is 18.1 Å². The summed E-state index contributed by atoms with van der Waals surface area (Å²) in [5, 5.41) is 1.02. The molecule has 0 fully saturated rings. The van der Waals surface area contributed by atoms with E-state index in [1.54, 1.807) is 0 Å². The lowest BCUT2D eigenvalue weighted by Crippen LogP contribution is -1.95. The van der Waals surface area contributed by atoms with Gasteiger partial charge in [-0.2, -0.15) is 0 Å². The first kappa shape index (κ1) is 10.6. The van der Waals surface area contributed by atoms with Crippen molar-refractivity contribution in [1.82, 2.24) is 0 Å². The standard InChI is InChI=1S/C11H15BrO/c1-3-13-11-5-4-10(6-7-12)9(2)8-11/h4-5,8H,3,6-7H2,1-2H3. The minimum atomic E-state index is 0.733. The zero-order chi connectivity index (χ0) is 9.68. The lowest BCUT2D eigenvalue weighted by molar-refractivity contribution is 0.340. The molecule has 0 heterocycles. The van der Waals surface area contributed by atoms with E-state index in [2.05, 4.69) is 35.0 Å². The summed E-state index contributed by atoms with van der Waals surface area (Å²) in [6.07, 6.45) is 1.08. The molecule has 0 saturated heterocycles. The third kappa shape index (κ3) is 3.03. The molecule has 0 unspecified atom stereocenters. The van der Waals surface area contributed by atoms with Crippen molar-refractivity contribution in [2.24, 2.45) is 0 Å². The summed E-state index contributed by atoms with van der Waals surface area (Å²) < 4.78 is 5.41. The van der Waals surface area contributed by atoms with Crippen molar-refractivity contribution in [1.29, 1.82) is 0 Å². The van der Waals surface area contributed by atoms with E-state index in [1.165, 1.54) is 11.1 Å². The van der Waals surface area contributed by atoms with Gasteiger partial charge in [0.05, 0.1) is 6.61 Å². The zero-order valence-electron chi connectivity index (χ0n) is 8.14. The van der Waals surface area contributed by atoms with Crippen LogP contribution >= 0.6 is 15.9 Å². The van der Waals surface area contributed by atoms with Crippen molar-refractivity contribution in [3.8, 4) is 5.75 Å². The van der Waals surface area contributed by atoms with E-state index in [-0.39, 0.29) is 0 Å². The van der Waals surface area contributed by atoms with Crippen molar-refractivity contribution >= 4 is 15.9 Å². The van der Waals surface area contributed by atoms with Crippen LogP contribution in [-0.4, -0.2) is 11.9 Å². The Kier molecular flexibility index (Phi) is 4.29. The monoisotopic (exact) mass is 242 g/mol. The number of rotatable bonds is 4. The number of aryl methyl sites for hydroxylation is 2. The van der Waals surface area contributed by atoms with Crippen LogP contribution in [0.5, 0.6) is 5.75 Å². The molecule has 1 nitrogen and oxygen atoms in total. The van der Waals surface area contributed by atoms with Crippen LogP contribution in [0, 0.1) is 6.92 Å². The maximum absolute atomic E-state index is 5.41. The van der Waals surface area contributed by atoms with Crippen LogP contribution in [-0.2, 0) is 6.42 Å². The van der Waals surface area contributed by atoms with Gasteiger partial charge in [-0.1, -0.05) is 22.0 Å². The fourth-order valence-corrected chi connectivity index (χ4v) is 1.73. The summed E-state index contributed by atoms with van der Waals surface area (Å²) in [5.41, 5.74) is 2.70. The van der Waals surface area contributed by atoms with Gasteiger partial charge in [-0.15, -0.1) is 0 Å². The summed E-state index contributed by atoms with van der Waals surface area (Å²) in [5.74, 6) is 0.971. The average molecular weight is 243 g/mol. The van der Waals surface area contributed by atoms with E-state index < -0.39 is 0 Å². The number of benzene rings is 1. The van der Waals surface area contributed by atoms with Gasteiger partial charge in [0.2, 0.25) is 0 Å². The largest absolute Gasteiger partial charge is 0.494 e. The molecule has 0 amide bonds. The van der Waals surface area contributed by atoms with Crippen LogP contribution in [0.4, 0.5) is 0 Å². The Bertz CT molecular complexity index is 271. The third-order valence-electron chi connectivity index (χ3n) is 1.99. The normalized spacial score (nSPS) is 10.1. The van der Waals surface area contributed by atoms with Gasteiger partial charge >= 0.3 is 0 Å². The van der Waals surface area contributed by atoms with Crippen LogP contribution in [0.2, 0.25) is 0 Å². The lowest BCUT2D eigenvalue weighted by atomic mass is 10.1. The Morgan fingerprint density at radius 3 is 2.69 bits per heavy atom. The molecule has 1 aromatic carbocycles. The molecule has 13 heavy (non-hydrogen) atoms. The van der Waals surface area contributed by atoms with Crippen molar-refractivity contribution in [2.75, 3.05) is 11.9 Å². The molecule has 1 rings (SSSR count). The number of hydrogen-bond donors (Lipinski definition) is 0. The van der Waals surface area contributed by atoms with Gasteiger partial charge in [-0.25, -0.2) is 0 Å². The Hall–Kier alpha value is -0.500. The van der Waals surface area contributed by atoms with Crippen molar-refractivity contribution in [2.45, 2.75) is 20.3 Å². The second kappa shape index (κ2) is 5.28. The number of ether oxygens (including phenoxy) is 1. The summed E-state index contributed by atoms with van der Waals surface area (Å²) in [4.78, 5) is 0. The Morgan fingerprint density at radius 1 is 1.38 bits per heavy atom. The maximum atomic E-state index is 5.41. The van der Waals surface area contributed by atoms with Crippen molar-refractivity contribution in [3.63, 3.8) is 0 Å². The molecule has 72 valence electrons. The van der Waals surface area contributed by atoms with Crippen LogP contribution in [0.15, 0.2) is 18.2 Å². The predicted molar refractivity (Wildman–Crippen MR) is 59.8 cm³/mol. The molecule has 0 bridgehead atoms. The van der Waals surface area contributed by atoms with Crippen LogP contribution in [0.25, 0.3) is 0 Å². The molecule has 1 aromatic rings. The smallest absolute Gasteiger partial charge is 0.119 e. The Balaban J connectivity index is 2.79. The van der Waals surface area contributed by atoms with E-state index in [0.29, 0.717) is 0 Å². The molecule has 0 aliphatic heterocycles. The van der Waals surface area contributed by atoms with Crippen LogP contribution in [0.3, 0.4) is 0 Å². The topological polar surface area (TPSA) is 9.23 Å². The maximum Gasteiger partial charge on any atom is 0.119 e. The first-order chi connectivity index (χ1) is 6.27. The molecule has 0 spiro atoms. The first-order valence-electron chi connectivity index (χ1n) is 4.56. The molecule has 0 atom stereocenters. The highest BCUT2D eigenvalue weighted by Gasteiger charge is 1.99. The van der Waals surface area contributed by atoms with Gasteiger partial charge in [0.25, 0.3) is 0 Å². The molecule has 0 aromatic heterocycles. The third-order valence-corrected chi connectivity index (χ3v) is 2.39. The molecule has 0 aliphatic rings. The average Bonchev–Trinajstić information content (AvgIpc) is 2.10. The molecule has 0 saturated carbocycles. The Morgan fingerprint density at radius 2 is 2.15 bits per heavy atom. The van der Waals surface area contributed by atoms with E-state index in [1.807, 2.05) is 13.0 Å². The molecule has 0 radical (unpaired) electrons. The van der Waals surface area contributed by atoms with E-state index in [0.717, 1.165) is 24.1 Å². The predicted octanol–water partition coefficient (Wildman–Crippen LogP) is 3.33. The number of halogens is 1. The minimum Gasteiger partial charge on any atom is -0.494 e. The molecule has 2 heteroatoms. The summed E-state index contributed by atoms with van der Waals surface area (Å²) in [6, 6.07) is 6.28. The van der Waals surface area contributed by atoms with Gasteiger partial charge in [-0.3, -0.25) is 0 Å². The van der Waals surface area contributed by atoms with E-state index in [4.69, 9.17) is 4.74 Å². The fourth-order valence-electron chi connectivity index (χ4n) is 1.31. The summed E-state index contributed by atoms with van der Waals surface area (Å²) >= 11 is 3.44. The van der Waals surface area contributed by atoms with E-state index >= 15 is 0 Å². The van der Waals surface area contributed by atoms with Crippen molar-refractivity contribution in [3.05, 3.63) is 29.3 Å². The summed E-state index contributed by atoms with van der Waals surface area (Å²) in [7, 11) is 0. The second-order valence-electron chi connectivity index (χ2n) is 2.96. The van der Waals surface area contributed by atoms with Crippen molar-refractivity contribution < 1.29 is 4.74 Å². The van der Waals surface area contributed by atoms with Gasteiger partial charge in [-0.05, 0) is 43.5 Å². The molecule has 0 N–H and O–H groups in total. The summed E-state index contributed by atoms with van der Waals surface area (Å²) in [6.45, 7) is 4.86. The van der Waals surface area contributed by atoms with E-state index in [9.17, 15) is 0 Å². The minimum absolute atomic E-state index is 0.733. The van der Waals surface area contributed by atoms with Gasteiger partial charge in [0.1, 0.15) is 5.75 Å². The molecular formula is C11H15BrO. The first-order valence-corrected chi connectivity index (χ1v) is 5.68. The lowest BCUT2D eigenvalue weighted by Gasteiger charge is -2.07. The number of alkyl halides is 1. The quantitative estimate of drug-likeness (QED) is 0.737.